The number of amides is 1. The summed E-state index contributed by atoms with van der Waals surface area (Å²) in [5.41, 5.74) is 0.531. The first-order valence-corrected chi connectivity index (χ1v) is 8.65. The summed E-state index contributed by atoms with van der Waals surface area (Å²) in [4.78, 5) is 32.0. The van der Waals surface area contributed by atoms with E-state index in [2.05, 4.69) is 9.97 Å². The third-order valence-corrected chi connectivity index (χ3v) is 4.78. The van der Waals surface area contributed by atoms with Gasteiger partial charge in [-0.05, 0) is 35.9 Å². The fourth-order valence-electron chi connectivity index (χ4n) is 2.71. The highest BCUT2D eigenvalue weighted by Gasteiger charge is 2.28. The van der Waals surface area contributed by atoms with Gasteiger partial charge in [0.25, 0.3) is 5.91 Å². The molecule has 0 aliphatic rings. The second-order valence-electron chi connectivity index (χ2n) is 5.80. The molecule has 0 saturated carbocycles. The molecule has 138 valence electrons. The Morgan fingerprint density at radius 1 is 1.19 bits per heavy atom. The molecule has 1 amide bonds. The lowest BCUT2D eigenvalue weighted by molar-refractivity contribution is 0.0750. The number of rotatable bonds is 4. The molecule has 0 unspecified atom stereocenters. The van der Waals surface area contributed by atoms with Crippen LogP contribution in [0.15, 0.2) is 59.7 Å². The van der Waals surface area contributed by atoms with Gasteiger partial charge < -0.3 is 9.88 Å². The molecule has 3 aromatic rings. The predicted molar refractivity (Wildman–Crippen MR) is 102 cm³/mol. The Labute approximate surface area is 164 Å². The zero-order chi connectivity index (χ0) is 19.6. The van der Waals surface area contributed by atoms with Gasteiger partial charge in [0.15, 0.2) is 0 Å². The molecular weight excluding hydrogens is 392 g/mol. The molecule has 2 aromatic heterocycles. The van der Waals surface area contributed by atoms with Crippen molar-refractivity contribution in [3.05, 3.63) is 97.9 Å². The number of H-pyrrole nitrogens is 1. The number of hydrogen-bond donors (Lipinski definition) is 1. The summed E-state index contributed by atoms with van der Waals surface area (Å²) < 4.78 is 14.5. The van der Waals surface area contributed by atoms with Crippen LogP contribution in [0.25, 0.3) is 0 Å². The molecular formula is C19H14Cl2FN3O2. The van der Waals surface area contributed by atoms with Gasteiger partial charge in [-0.1, -0.05) is 29.3 Å². The van der Waals surface area contributed by atoms with Crippen molar-refractivity contribution in [2.75, 3.05) is 7.05 Å². The average molecular weight is 406 g/mol. The van der Waals surface area contributed by atoms with Crippen LogP contribution in [-0.4, -0.2) is 27.8 Å². The quantitative estimate of drug-likeness (QED) is 0.710. The lowest BCUT2D eigenvalue weighted by Crippen LogP contribution is -2.33. The van der Waals surface area contributed by atoms with E-state index >= 15 is 0 Å². The smallest absolute Gasteiger partial charge is 0.255 e. The lowest BCUT2D eigenvalue weighted by atomic mass is 10.0. The number of halogens is 3. The molecule has 0 aliphatic heterocycles. The summed E-state index contributed by atoms with van der Waals surface area (Å²) >= 11 is 12.1. The van der Waals surface area contributed by atoms with Crippen LogP contribution in [0.1, 0.15) is 27.7 Å². The van der Waals surface area contributed by atoms with Gasteiger partial charge in [-0.15, -0.1) is 0 Å². The molecule has 0 aliphatic carbocycles. The Morgan fingerprint density at radius 2 is 1.96 bits per heavy atom. The Hall–Kier alpha value is -2.70. The fourth-order valence-corrected chi connectivity index (χ4v) is 3.02. The van der Waals surface area contributed by atoms with Crippen molar-refractivity contribution in [1.29, 1.82) is 0 Å². The van der Waals surface area contributed by atoms with Gasteiger partial charge in [-0.2, -0.15) is 0 Å². The number of nitrogens with zero attached hydrogens (tertiary/aromatic N) is 2. The minimum Gasteiger partial charge on any atom is -0.329 e. The van der Waals surface area contributed by atoms with Crippen molar-refractivity contribution in [2.24, 2.45) is 0 Å². The first kappa shape index (κ1) is 19.1. The zero-order valence-corrected chi connectivity index (χ0v) is 15.6. The number of benzene rings is 1. The topological polar surface area (TPSA) is 66.1 Å². The molecule has 8 heteroatoms. The lowest BCUT2D eigenvalue weighted by Gasteiger charge is -2.28. The van der Waals surface area contributed by atoms with Crippen LogP contribution < -0.4 is 5.56 Å². The van der Waals surface area contributed by atoms with E-state index < -0.39 is 17.8 Å². The van der Waals surface area contributed by atoms with Gasteiger partial charge in [0.05, 0.1) is 15.6 Å². The van der Waals surface area contributed by atoms with Crippen LogP contribution in [0.2, 0.25) is 10.0 Å². The van der Waals surface area contributed by atoms with Gasteiger partial charge >= 0.3 is 0 Å². The van der Waals surface area contributed by atoms with Crippen molar-refractivity contribution in [2.45, 2.75) is 6.04 Å². The molecule has 1 atom stereocenters. The Morgan fingerprint density at radius 3 is 2.59 bits per heavy atom. The van der Waals surface area contributed by atoms with E-state index in [-0.39, 0.29) is 21.8 Å². The highest BCUT2D eigenvalue weighted by atomic mass is 35.5. The summed E-state index contributed by atoms with van der Waals surface area (Å²) in [6, 6.07) is 9.34. The number of carbonyl (C=O) groups excluding carboxylic acids is 1. The highest BCUT2D eigenvalue weighted by molar-refractivity contribution is 6.42. The average Bonchev–Trinajstić information content (AvgIpc) is 2.66. The van der Waals surface area contributed by atoms with Gasteiger partial charge in [0, 0.05) is 25.5 Å². The Balaban J connectivity index is 2.10. The Kier molecular flexibility index (Phi) is 5.58. The maximum atomic E-state index is 14.5. The number of aromatic nitrogens is 2. The summed E-state index contributed by atoms with van der Waals surface area (Å²) in [5, 5.41) is 0.621. The summed E-state index contributed by atoms with van der Waals surface area (Å²) in [6.07, 6.45) is 2.75. The maximum Gasteiger partial charge on any atom is 0.255 e. The fraction of sp³-hybridized carbons (Fsp3) is 0.105. The first-order chi connectivity index (χ1) is 12.9. The third-order valence-electron chi connectivity index (χ3n) is 4.04. The number of aromatic amines is 1. The van der Waals surface area contributed by atoms with Crippen molar-refractivity contribution >= 4 is 29.1 Å². The SMILES string of the molecule is CN(C(=O)c1ccc(=O)[nH]c1)[C@@H](c1ccc(Cl)c(Cl)c1)c1ncccc1F. The molecule has 3 rings (SSSR count). The van der Waals surface area contributed by atoms with Crippen molar-refractivity contribution < 1.29 is 9.18 Å². The number of hydrogen-bond acceptors (Lipinski definition) is 3. The van der Waals surface area contributed by atoms with Crippen molar-refractivity contribution in [1.82, 2.24) is 14.9 Å². The van der Waals surface area contributed by atoms with Crippen LogP contribution in [0.5, 0.6) is 0 Å². The van der Waals surface area contributed by atoms with E-state index in [4.69, 9.17) is 23.2 Å². The monoisotopic (exact) mass is 405 g/mol. The molecule has 0 saturated heterocycles. The van der Waals surface area contributed by atoms with Gasteiger partial charge in [0.1, 0.15) is 17.6 Å². The molecule has 5 nitrogen and oxygen atoms in total. The molecule has 1 aromatic carbocycles. The zero-order valence-electron chi connectivity index (χ0n) is 14.1. The van der Waals surface area contributed by atoms with Gasteiger partial charge in [-0.25, -0.2) is 4.39 Å². The molecule has 0 spiro atoms. The van der Waals surface area contributed by atoms with Crippen LogP contribution in [0, 0.1) is 5.82 Å². The van der Waals surface area contributed by atoms with Gasteiger partial charge in [0.2, 0.25) is 5.56 Å². The number of pyridine rings is 2. The summed E-state index contributed by atoms with van der Waals surface area (Å²) in [7, 11) is 1.52. The molecule has 0 radical (unpaired) electrons. The molecule has 0 fully saturated rings. The molecule has 1 N–H and O–H groups in total. The Bertz CT molecular complexity index is 1030. The van der Waals surface area contributed by atoms with E-state index in [0.717, 1.165) is 0 Å². The molecule has 2 heterocycles. The van der Waals surface area contributed by atoms with E-state index in [9.17, 15) is 14.0 Å². The first-order valence-electron chi connectivity index (χ1n) is 7.89. The van der Waals surface area contributed by atoms with Crippen molar-refractivity contribution in [3.63, 3.8) is 0 Å². The highest BCUT2D eigenvalue weighted by Crippen LogP contribution is 2.33. The number of carbonyl (C=O) groups is 1. The minimum atomic E-state index is -0.847. The third kappa shape index (κ3) is 4.02. The van der Waals surface area contributed by atoms with E-state index in [1.165, 1.54) is 48.6 Å². The van der Waals surface area contributed by atoms with Crippen LogP contribution in [-0.2, 0) is 0 Å². The second-order valence-corrected chi connectivity index (χ2v) is 6.62. The minimum absolute atomic E-state index is 0.0659. The van der Waals surface area contributed by atoms with Crippen LogP contribution in [0.4, 0.5) is 4.39 Å². The van der Waals surface area contributed by atoms with Crippen molar-refractivity contribution in [3.8, 4) is 0 Å². The van der Waals surface area contributed by atoms with Crippen LogP contribution >= 0.6 is 23.2 Å². The largest absolute Gasteiger partial charge is 0.329 e. The van der Waals surface area contributed by atoms with E-state index in [0.29, 0.717) is 10.6 Å². The second kappa shape index (κ2) is 7.90. The molecule has 0 bridgehead atoms. The predicted octanol–water partition coefficient (Wildman–Crippen LogP) is 4.08. The maximum absolute atomic E-state index is 14.5. The van der Waals surface area contributed by atoms with E-state index in [1.54, 1.807) is 18.2 Å². The van der Waals surface area contributed by atoms with Crippen LogP contribution in [0.3, 0.4) is 0 Å². The standard InChI is InChI=1S/C19H14Cl2FN3O2/c1-25(19(27)12-5-7-16(26)24-10-12)18(17-15(22)3-2-8-23-17)11-4-6-13(20)14(21)9-11/h2-10,18H,1H3,(H,24,26)/t18-/m0/s1. The van der Waals surface area contributed by atoms with E-state index in [1.807, 2.05) is 0 Å². The summed E-state index contributed by atoms with van der Waals surface area (Å²) in [5.74, 6) is -0.984. The molecule has 27 heavy (non-hydrogen) atoms. The number of nitrogens with one attached hydrogen (secondary N) is 1. The normalized spacial score (nSPS) is 11.9. The van der Waals surface area contributed by atoms with Gasteiger partial charge in [-0.3, -0.25) is 14.6 Å². The summed E-state index contributed by atoms with van der Waals surface area (Å²) in [6.45, 7) is 0.